The summed E-state index contributed by atoms with van der Waals surface area (Å²) in [7, 11) is -3.37. The molecule has 0 bridgehead atoms. The molecule has 0 aliphatic carbocycles. The van der Waals surface area contributed by atoms with E-state index in [0.717, 1.165) is 10.6 Å². The van der Waals surface area contributed by atoms with Gasteiger partial charge in [0, 0.05) is 17.9 Å². The molecule has 29 heavy (non-hydrogen) atoms. The Morgan fingerprint density at radius 2 is 2.07 bits per heavy atom. The minimum Gasteiger partial charge on any atom is -0.506 e. The minimum absolute atomic E-state index is 0.0745. The van der Waals surface area contributed by atoms with Gasteiger partial charge in [0.05, 0.1) is 28.1 Å². The summed E-state index contributed by atoms with van der Waals surface area (Å²) in [5.41, 5.74) is 1.21. The molecule has 1 saturated heterocycles. The number of rotatable bonds is 4. The molecule has 0 aromatic heterocycles. The van der Waals surface area contributed by atoms with Gasteiger partial charge in [0.2, 0.25) is 21.8 Å². The largest absolute Gasteiger partial charge is 0.506 e. The molecular formula is C19H19N3O5S2. The van der Waals surface area contributed by atoms with Crippen LogP contribution in [0, 0.1) is 0 Å². The summed E-state index contributed by atoms with van der Waals surface area (Å²) in [5, 5.41) is 14.8. The van der Waals surface area contributed by atoms with Crippen LogP contribution in [0.25, 0.3) is 0 Å². The van der Waals surface area contributed by atoms with Crippen molar-refractivity contribution in [2.75, 3.05) is 27.2 Å². The number of fused-ring (bicyclic) bond motifs is 1. The number of hydrogen-bond acceptors (Lipinski definition) is 6. The number of thioether (sulfide) groups is 1. The molecule has 0 radical (unpaired) electrons. The highest BCUT2D eigenvalue weighted by atomic mass is 32.2. The zero-order valence-corrected chi connectivity index (χ0v) is 16.9. The van der Waals surface area contributed by atoms with Gasteiger partial charge in [0.25, 0.3) is 0 Å². The Labute approximate surface area is 172 Å². The van der Waals surface area contributed by atoms with Gasteiger partial charge >= 0.3 is 0 Å². The lowest BCUT2D eigenvalue weighted by molar-refractivity contribution is -0.120. The molecule has 0 saturated carbocycles. The summed E-state index contributed by atoms with van der Waals surface area (Å²) in [5.74, 6) is -0.811. The Kier molecular flexibility index (Phi) is 5.13. The fourth-order valence-electron chi connectivity index (χ4n) is 3.31. The van der Waals surface area contributed by atoms with Gasteiger partial charge in [-0.15, -0.1) is 11.8 Å². The monoisotopic (exact) mass is 433 g/mol. The lowest BCUT2D eigenvalue weighted by Gasteiger charge is -2.23. The molecule has 10 heteroatoms. The van der Waals surface area contributed by atoms with Crippen molar-refractivity contribution in [3.05, 3.63) is 42.5 Å². The Hall–Kier alpha value is -2.72. The molecule has 2 aliphatic rings. The van der Waals surface area contributed by atoms with E-state index in [-0.39, 0.29) is 29.5 Å². The molecule has 2 amide bonds. The third kappa shape index (κ3) is 4.03. The number of nitrogens with one attached hydrogen (secondary N) is 2. The molecule has 4 rings (SSSR count). The number of para-hydroxylation sites is 1. The van der Waals surface area contributed by atoms with E-state index in [0.29, 0.717) is 18.7 Å². The number of carbonyl (C=O) groups is 2. The topological polar surface area (TPSA) is 116 Å². The van der Waals surface area contributed by atoms with E-state index in [4.69, 9.17) is 0 Å². The van der Waals surface area contributed by atoms with E-state index >= 15 is 0 Å². The van der Waals surface area contributed by atoms with Crippen molar-refractivity contribution in [2.45, 2.75) is 23.0 Å². The summed E-state index contributed by atoms with van der Waals surface area (Å²) in [6, 6.07) is 11.6. The molecule has 2 aliphatic heterocycles. The van der Waals surface area contributed by atoms with Crippen LogP contribution < -0.4 is 14.9 Å². The number of aromatic hydroxyl groups is 1. The fourth-order valence-corrected chi connectivity index (χ4v) is 5.97. The van der Waals surface area contributed by atoms with E-state index in [1.165, 1.54) is 34.3 Å². The highest BCUT2D eigenvalue weighted by molar-refractivity contribution is 8.01. The Morgan fingerprint density at radius 1 is 1.28 bits per heavy atom. The number of benzene rings is 2. The van der Waals surface area contributed by atoms with Crippen LogP contribution in [0.15, 0.2) is 47.4 Å². The molecule has 3 N–H and O–H groups in total. The maximum Gasteiger partial charge on any atom is 0.238 e. The Bertz CT molecular complexity index is 1090. The van der Waals surface area contributed by atoms with Crippen LogP contribution in [0.5, 0.6) is 5.75 Å². The molecule has 152 valence electrons. The maximum atomic E-state index is 12.5. The average Bonchev–Trinajstić information content (AvgIpc) is 3.03. The van der Waals surface area contributed by atoms with Crippen molar-refractivity contribution in [2.24, 2.45) is 0 Å². The standard InChI is InChI=1S/C19H19N3O5S2/c23-15-7-6-12(22-8-3-9-29(22,26)27)10-14(15)20-18(24)11-17-19(25)21-13-4-1-2-5-16(13)28-17/h1-2,4-7,10,17,23H,3,8-9,11H2,(H,20,24)(H,21,25). The predicted molar refractivity (Wildman–Crippen MR) is 112 cm³/mol. The van der Waals surface area contributed by atoms with Crippen molar-refractivity contribution in [3.8, 4) is 5.75 Å². The summed E-state index contributed by atoms with van der Waals surface area (Å²) in [4.78, 5) is 25.7. The number of carbonyl (C=O) groups excluding carboxylic acids is 2. The number of amides is 2. The number of hydrogen-bond donors (Lipinski definition) is 3. The average molecular weight is 434 g/mol. The van der Waals surface area contributed by atoms with Crippen molar-refractivity contribution >= 4 is 50.7 Å². The molecule has 2 aromatic rings. The molecule has 0 spiro atoms. The van der Waals surface area contributed by atoms with Gasteiger partial charge in [-0.25, -0.2) is 8.42 Å². The van der Waals surface area contributed by atoms with Crippen LogP contribution in [-0.4, -0.2) is 42.9 Å². The first-order valence-corrected chi connectivity index (χ1v) is 11.5. The summed E-state index contributed by atoms with van der Waals surface area (Å²) in [6.07, 6.45) is 0.441. The summed E-state index contributed by atoms with van der Waals surface area (Å²) < 4.78 is 25.5. The third-order valence-electron chi connectivity index (χ3n) is 4.72. The van der Waals surface area contributed by atoms with Gasteiger partial charge in [-0.2, -0.15) is 0 Å². The smallest absolute Gasteiger partial charge is 0.238 e. The molecule has 2 aromatic carbocycles. The molecule has 1 atom stereocenters. The first-order chi connectivity index (χ1) is 13.8. The molecule has 2 heterocycles. The number of phenols is 1. The number of anilines is 3. The lowest BCUT2D eigenvalue weighted by atomic mass is 10.2. The fraction of sp³-hybridized carbons (Fsp3) is 0.263. The predicted octanol–water partition coefficient (Wildman–Crippen LogP) is 2.37. The van der Waals surface area contributed by atoms with Gasteiger partial charge in [-0.1, -0.05) is 12.1 Å². The van der Waals surface area contributed by atoms with Gasteiger partial charge in [-0.05, 0) is 36.8 Å². The quantitative estimate of drug-likeness (QED) is 0.638. The second-order valence-electron chi connectivity index (χ2n) is 6.79. The van der Waals surface area contributed by atoms with Gasteiger partial charge in [-0.3, -0.25) is 13.9 Å². The number of nitrogens with zero attached hydrogens (tertiary/aromatic N) is 1. The van der Waals surface area contributed by atoms with Crippen LogP contribution in [0.4, 0.5) is 17.1 Å². The van der Waals surface area contributed by atoms with Crippen molar-refractivity contribution in [1.29, 1.82) is 0 Å². The van der Waals surface area contributed by atoms with Crippen molar-refractivity contribution < 1.29 is 23.1 Å². The van der Waals surface area contributed by atoms with Gasteiger partial charge in [0.1, 0.15) is 5.75 Å². The summed E-state index contributed by atoms with van der Waals surface area (Å²) in [6.45, 7) is 0.360. The van der Waals surface area contributed by atoms with Gasteiger partial charge < -0.3 is 15.7 Å². The highest BCUT2D eigenvalue weighted by Crippen LogP contribution is 2.37. The Morgan fingerprint density at radius 3 is 2.83 bits per heavy atom. The summed E-state index contributed by atoms with van der Waals surface area (Å²) >= 11 is 1.31. The van der Waals surface area contributed by atoms with Crippen LogP contribution >= 0.6 is 11.8 Å². The third-order valence-corrected chi connectivity index (χ3v) is 7.86. The number of phenolic OH excluding ortho intramolecular Hbond substituents is 1. The second kappa shape index (κ2) is 7.60. The zero-order chi connectivity index (χ0) is 20.6. The molecule has 1 unspecified atom stereocenters. The zero-order valence-electron chi connectivity index (χ0n) is 15.3. The molecule has 1 fully saturated rings. The van der Waals surface area contributed by atoms with Crippen LogP contribution in [0.3, 0.4) is 0 Å². The minimum atomic E-state index is -3.37. The van der Waals surface area contributed by atoms with E-state index < -0.39 is 21.2 Å². The van der Waals surface area contributed by atoms with Crippen LogP contribution in [-0.2, 0) is 19.6 Å². The second-order valence-corrected chi connectivity index (χ2v) is 10.0. The molecule has 8 nitrogen and oxygen atoms in total. The normalized spacial score (nSPS) is 20.1. The Balaban J connectivity index is 1.47. The van der Waals surface area contributed by atoms with Crippen molar-refractivity contribution in [3.63, 3.8) is 0 Å². The van der Waals surface area contributed by atoms with Crippen LogP contribution in [0.2, 0.25) is 0 Å². The highest BCUT2D eigenvalue weighted by Gasteiger charge is 2.30. The van der Waals surface area contributed by atoms with E-state index in [9.17, 15) is 23.1 Å². The number of sulfonamides is 1. The lowest BCUT2D eigenvalue weighted by Crippen LogP contribution is -2.32. The first-order valence-electron chi connectivity index (χ1n) is 9.03. The maximum absolute atomic E-state index is 12.5. The van der Waals surface area contributed by atoms with E-state index in [1.807, 2.05) is 18.2 Å². The van der Waals surface area contributed by atoms with Crippen molar-refractivity contribution in [1.82, 2.24) is 0 Å². The SMILES string of the molecule is O=C(CC1Sc2ccccc2NC1=O)Nc1cc(N2CCCS2(=O)=O)ccc1O. The van der Waals surface area contributed by atoms with Crippen LogP contribution in [0.1, 0.15) is 12.8 Å². The van der Waals surface area contributed by atoms with E-state index in [2.05, 4.69) is 10.6 Å². The first kappa shape index (κ1) is 19.6. The molecular weight excluding hydrogens is 414 g/mol. The van der Waals surface area contributed by atoms with Gasteiger partial charge in [0.15, 0.2) is 0 Å². The van der Waals surface area contributed by atoms with E-state index in [1.54, 1.807) is 6.07 Å².